The van der Waals surface area contributed by atoms with Crippen LogP contribution in [0.5, 0.6) is 0 Å². The van der Waals surface area contributed by atoms with E-state index in [-0.39, 0.29) is 5.54 Å². The van der Waals surface area contributed by atoms with Crippen LogP contribution in [0.3, 0.4) is 0 Å². The van der Waals surface area contributed by atoms with Crippen molar-refractivity contribution in [3.63, 3.8) is 0 Å². The van der Waals surface area contributed by atoms with Crippen molar-refractivity contribution < 1.29 is 4.42 Å². The largest absolute Gasteiger partial charge is 0.469 e. The summed E-state index contributed by atoms with van der Waals surface area (Å²) in [6.45, 7) is 7.36. The number of nitrogens with two attached hydrogens (primary N) is 1. The minimum Gasteiger partial charge on any atom is -0.469 e. The first-order valence-corrected chi connectivity index (χ1v) is 7.32. The Morgan fingerprint density at radius 2 is 2.21 bits per heavy atom. The molecule has 4 nitrogen and oxygen atoms in total. The van der Waals surface area contributed by atoms with E-state index in [2.05, 4.69) is 22.9 Å². The third-order valence-electron chi connectivity index (χ3n) is 5.33. The SMILES string of the molecule is Cc1occc1CN(C)C1(CN)CN2CCC1CC2. The summed E-state index contributed by atoms with van der Waals surface area (Å²) in [6, 6.07) is 2.08. The normalized spacial score (nSPS) is 34.1. The Kier molecular flexibility index (Phi) is 3.41. The van der Waals surface area contributed by atoms with Gasteiger partial charge in [-0.05, 0) is 51.9 Å². The molecule has 106 valence electrons. The first-order chi connectivity index (χ1) is 9.15. The molecule has 3 saturated heterocycles. The highest BCUT2D eigenvalue weighted by molar-refractivity contribution is 5.17. The molecule has 1 aromatic heterocycles. The van der Waals surface area contributed by atoms with Crippen LogP contribution in [0.2, 0.25) is 0 Å². The van der Waals surface area contributed by atoms with E-state index in [0.717, 1.165) is 31.3 Å². The van der Waals surface area contributed by atoms with Crippen LogP contribution in [0.4, 0.5) is 0 Å². The molecule has 1 aromatic rings. The number of nitrogens with zero attached hydrogens (tertiary/aromatic N) is 2. The molecule has 0 amide bonds. The smallest absolute Gasteiger partial charge is 0.105 e. The van der Waals surface area contributed by atoms with Crippen molar-refractivity contribution >= 4 is 0 Å². The second kappa shape index (κ2) is 4.93. The van der Waals surface area contributed by atoms with Gasteiger partial charge >= 0.3 is 0 Å². The highest BCUT2D eigenvalue weighted by Gasteiger charge is 2.48. The summed E-state index contributed by atoms with van der Waals surface area (Å²) < 4.78 is 5.41. The Morgan fingerprint density at radius 1 is 1.47 bits per heavy atom. The molecule has 4 rings (SSSR count). The molecule has 2 bridgehead atoms. The lowest BCUT2D eigenvalue weighted by Gasteiger charge is -2.57. The van der Waals surface area contributed by atoms with E-state index >= 15 is 0 Å². The van der Waals surface area contributed by atoms with Crippen molar-refractivity contribution in [1.29, 1.82) is 0 Å². The second-order valence-electron chi connectivity index (χ2n) is 6.22. The summed E-state index contributed by atoms with van der Waals surface area (Å²) in [6.07, 6.45) is 4.38. The predicted octanol–water partition coefficient (Wildman–Crippen LogP) is 1.44. The van der Waals surface area contributed by atoms with Crippen molar-refractivity contribution in [2.75, 3.05) is 33.2 Å². The van der Waals surface area contributed by atoms with E-state index in [1.54, 1.807) is 6.26 Å². The van der Waals surface area contributed by atoms with Gasteiger partial charge in [0, 0.05) is 30.7 Å². The zero-order valence-electron chi connectivity index (χ0n) is 12.1. The third kappa shape index (κ3) is 2.12. The lowest BCUT2D eigenvalue weighted by atomic mass is 9.71. The number of piperidine rings is 3. The molecule has 19 heavy (non-hydrogen) atoms. The van der Waals surface area contributed by atoms with Gasteiger partial charge in [0.1, 0.15) is 5.76 Å². The summed E-state index contributed by atoms with van der Waals surface area (Å²) >= 11 is 0. The van der Waals surface area contributed by atoms with Crippen molar-refractivity contribution in [3.05, 3.63) is 23.7 Å². The fraction of sp³-hybridized carbons (Fsp3) is 0.733. The summed E-state index contributed by atoms with van der Waals surface area (Å²) in [5, 5.41) is 0. The van der Waals surface area contributed by atoms with Crippen molar-refractivity contribution in [2.24, 2.45) is 11.7 Å². The van der Waals surface area contributed by atoms with Gasteiger partial charge in [-0.25, -0.2) is 0 Å². The molecular weight excluding hydrogens is 238 g/mol. The Balaban J connectivity index is 1.80. The van der Waals surface area contributed by atoms with Gasteiger partial charge in [-0.15, -0.1) is 0 Å². The fourth-order valence-electron chi connectivity index (χ4n) is 3.95. The van der Waals surface area contributed by atoms with E-state index in [1.807, 2.05) is 6.92 Å². The molecule has 0 radical (unpaired) electrons. The van der Waals surface area contributed by atoms with Gasteiger partial charge in [-0.3, -0.25) is 4.90 Å². The van der Waals surface area contributed by atoms with Gasteiger partial charge in [-0.2, -0.15) is 0 Å². The zero-order chi connectivity index (χ0) is 13.5. The van der Waals surface area contributed by atoms with E-state index in [1.165, 1.54) is 31.5 Å². The average Bonchev–Trinajstić information content (AvgIpc) is 2.85. The third-order valence-corrected chi connectivity index (χ3v) is 5.33. The number of fused-ring (bicyclic) bond motifs is 3. The monoisotopic (exact) mass is 263 g/mol. The van der Waals surface area contributed by atoms with Gasteiger partial charge in [0.15, 0.2) is 0 Å². The molecule has 1 unspecified atom stereocenters. The van der Waals surface area contributed by atoms with Gasteiger partial charge in [0.25, 0.3) is 0 Å². The summed E-state index contributed by atoms with van der Waals surface area (Å²) in [5.74, 6) is 1.78. The highest BCUT2D eigenvalue weighted by atomic mass is 16.3. The molecule has 3 aliphatic rings. The van der Waals surface area contributed by atoms with Crippen molar-refractivity contribution in [1.82, 2.24) is 9.80 Å². The zero-order valence-corrected chi connectivity index (χ0v) is 12.1. The quantitative estimate of drug-likeness (QED) is 0.893. The number of furan rings is 1. The van der Waals surface area contributed by atoms with E-state index in [0.29, 0.717) is 0 Å². The van der Waals surface area contributed by atoms with Gasteiger partial charge in [0.05, 0.1) is 6.26 Å². The van der Waals surface area contributed by atoms with Crippen LogP contribution in [0.15, 0.2) is 16.7 Å². The number of rotatable bonds is 4. The summed E-state index contributed by atoms with van der Waals surface area (Å²) in [4.78, 5) is 5.05. The Labute approximate surface area is 115 Å². The minimum absolute atomic E-state index is 0.153. The molecule has 4 heterocycles. The van der Waals surface area contributed by atoms with E-state index in [9.17, 15) is 0 Å². The molecular formula is C15H25N3O. The summed E-state index contributed by atoms with van der Waals surface area (Å²) in [7, 11) is 2.22. The van der Waals surface area contributed by atoms with E-state index < -0.39 is 0 Å². The first-order valence-electron chi connectivity index (χ1n) is 7.32. The molecule has 4 heteroatoms. The molecule has 0 spiro atoms. The number of hydrogen-bond acceptors (Lipinski definition) is 4. The maximum Gasteiger partial charge on any atom is 0.105 e. The molecule has 0 aliphatic carbocycles. The second-order valence-corrected chi connectivity index (χ2v) is 6.22. The lowest BCUT2D eigenvalue weighted by Crippen LogP contribution is -2.69. The maximum absolute atomic E-state index is 6.20. The predicted molar refractivity (Wildman–Crippen MR) is 75.9 cm³/mol. The fourth-order valence-corrected chi connectivity index (χ4v) is 3.95. The van der Waals surface area contributed by atoms with Crippen LogP contribution < -0.4 is 5.73 Å². The molecule has 3 fully saturated rings. The van der Waals surface area contributed by atoms with Crippen molar-refractivity contribution in [2.45, 2.75) is 31.8 Å². The van der Waals surface area contributed by atoms with Gasteiger partial charge < -0.3 is 15.1 Å². The van der Waals surface area contributed by atoms with Crippen LogP contribution in [0.1, 0.15) is 24.2 Å². The average molecular weight is 263 g/mol. The Hall–Kier alpha value is -0.840. The topological polar surface area (TPSA) is 45.6 Å². The number of aryl methyl sites for hydroxylation is 1. The van der Waals surface area contributed by atoms with E-state index in [4.69, 9.17) is 10.2 Å². The standard InChI is InChI=1S/C15H25N3O/c1-12-13(5-8-19-12)9-17(2)15(10-16)11-18-6-3-14(15)4-7-18/h5,8,14H,3-4,6-7,9-11,16H2,1-2H3. The van der Waals surface area contributed by atoms with Gasteiger partial charge in [-0.1, -0.05) is 0 Å². The maximum atomic E-state index is 6.20. The van der Waals surface area contributed by atoms with Crippen molar-refractivity contribution in [3.8, 4) is 0 Å². The lowest BCUT2D eigenvalue weighted by molar-refractivity contribution is -0.0597. The summed E-state index contributed by atoms with van der Waals surface area (Å²) in [5.41, 5.74) is 7.64. The van der Waals surface area contributed by atoms with Crippen LogP contribution in [0.25, 0.3) is 0 Å². The molecule has 1 atom stereocenters. The Morgan fingerprint density at radius 3 is 2.68 bits per heavy atom. The minimum atomic E-state index is 0.153. The van der Waals surface area contributed by atoms with Crippen LogP contribution in [0, 0.1) is 12.8 Å². The molecule has 2 N–H and O–H groups in total. The highest BCUT2D eigenvalue weighted by Crippen LogP contribution is 2.39. The van der Waals surface area contributed by atoms with Gasteiger partial charge in [0.2, 0.25) is 0 Å². The molecule has 3 aliphatic heterocycles. The van der Waals surface area contributed by atoms with Crippen LogP contribution in [-0.4, -0.2) is 48.6 Å². The first kappa shape index (κ1) is 13.2. The number of hydrogen-bond donors (Lipinski definition) is 1. The molecule has 0 aromatic carbocycles. The number of likely N-dealkylation sites (N-methyl/N-ethyl adjacent to an activating group) is 1. The van der Waals surface area contributed by atoms with Crippen LogP contribution in [-0.2, 0) is 6.54 Å². The molecule has 0 saturated carbocycles. The van der Waals surface area contributed by atoms with Crippen LogP contribution >= 0.6 is 0 Å². The Bertz CT molecular complexity index is 436.